The summed E-state index contributed by atoms with van der Waals surface area (Å²) in [5.74, 6) is 0.0692. The van der Waals surface area contributed by atoms with Crippen molar-refractivity contribution >= 4 is 23.2 Å². The Balaban J connectivity index is 1.96. The molecule has 0 aliphatic carbocycles. The van der Waals surface area contributed by atoms with Gasteiger partial charge >= 0.3 is 0 Å². The highest BCUT2D eigenvalue weighted by atomic mass is 35.5. The van der Waals surface area contributed by atoms with E-state index in [9.17, 15) is 4.39 Å². The number of nitrogens with zero attached hydrogens (tertiary/aromatic N) is 2. The number of nitrogens with one attached hydrogen (secondary N) is 1. The fraction of sp³-hybridized carbons (Fsp3) is 0.333. The maximum atomic E-state index is 13.4. The van der Waals surface area contributed by atoms with Crippen LogP contribution in [0.3, 0.4) is 0 Å². The molecule has 0 aliphatic heterocycles. The molecule has 2 aromatic rings. The van der Waals surface area contributed by atoms with E-state index >= 15 is 0 Å². The maximum absolute atomic E-state index is 13.4. The molecular formula is C12H12Cl2FN3O. The monoisotopic (exact) mass is 303 g/mol. The molecule has 102 valence electrons. The zero-order valence-corrected chi connectivity index (χ0v) is 11.7. The Morgan fingerprint density at radius 1 is 1.37 bits per heavy atom. The average molecular weight is 304 g/mol. The van der Waals surface area contributed by atoms with Crippen molar-refractivity contribution in [2.45, 2.75) is 19.4 Å². The lowest BCUT2D eigenvalue weighted by atomic mass is 10.1. The van der Waals surface area contributed by atoms with Gasteiger partial charge in [0.25, 0.3) is 0 Å². The van der Waals surface area contributed by atoms with Crippen LogP contribution in [0.5, 0.6) is 0 Å². The fourth-order valence-electron chi connectivity index (χ4n) is 1.68. The minimum absolute atomic E-state index is 0.0202. The minimum Gasteiger partial charge on any atom is -0.340 e. The molecule has 0 radical (unpaired) electrons. The first-order valence-corrected chi connectivity index (χ1v) is 6.47. The van der Waals surface area contributed by atoms with Gasteiger partial charge in [-0.05, 0) is 24.6 Å². The lowest BCUT2D eigenvalue weighted by molar-refractivity contribution is 0.372. The van der Waals surface area contributed by atoms with Gasteiger partial charge in [0.2, 0.25) is 5.89 Å². The van der Waals surface area contributed by atoms with Crippen molar-refractivity contribution in [1.29, 1.82) is 0 Å². The SMILES string of the molecule is CC(NCCc1ncno1)c1cc(F)c(Cl)cc1Cl. The molecule has 19 heavy (non-hydrogen) atoms. The van der Waals surface area contributed by atoms with Crippen LogP contribution in [0.4, 0.5) is 4.39 Å². The molecule has 0 bridgehead atoms. The number of rotatable bonds is 5. The highest BCUT2D eigenvalue weighted by Crippen LogP contribution is 2.28. The second kappa shape index (κ2) is 6.32. The Hall–Kier alpha value is -1.17. The van der Waals surface area contributed by atoms with Gasteiger partial charge in [-0.25, -0.2) is 4.39 Å². The van der Waals surface area contributed by atoms with E-state index in [1.54, 1.807) is 0 Å². The Bertz CT molecular complexity index is 548. The minimum atomic E-state index is -0.480. The van der Waals surface area contributed by atoms with Crippen molar-refractivity contribution in [3.63, 3.8) is 0 Å². The van der Waals surface area contributed by atoms with Crippen LogP contribution in [0.25, 0.3) is 0 Å². The van der Waals surface area contributed by atoms with Crippen LogP contribution >= 0.6 is 23.2 Å². The zero-order valence-electron chi connectivity index (χ0n) is 10.2. The molecule has 2 rings (SSSR count). The molecule has 0 saturated carbocycles. The topological polar surface area (TPSA) is 51.0 Å². The van der Waals surface area contributed by atoms with Crippen LogP contribution in [-0.4, -0.2) is 16.7 Å². The Morgan fingerprint density at radius 2 is 2.16 bits per heavy atom. The molecular weight excluding hydrogens is 292 g/mol. The third-order valence-corrected chi connectivity index (χ3v) is 3.32. The summed E-state index contributed by atoms with van der Waals surface area (Å²) in [5, 5.41) is 7.17. The van der Waals surface area contributed by atoms with Gasteiger partial charge in [0, 0.05) is 24.0 Å². The summed E-state index contributed by atoms with van der Waals surface area (Å²) in [7, 11) is 0. The van der Waals surface area contributed by atoms with Gasteiger partial charge in [-0.15, -0.1) is 0 Å². The van der Waals surface area contributed by atoms with Crippen molar-refractivity contribution in [2.75, 3.05) is 6.54 Å². The standard InChI is InChI=1S/C12H12Cl2FN3O/c1-7(16-3-2-12-17-6-18-19-12)8-4-11(15)10(14)5-9(8)13/h4-7,16H,2-3H2,1H3. The van der Waals surface area contributed by atoms with E-state index in [2.05, 4.69) is 15.5 Å². The van der Waals surface area contributed by atoms with E-state index < -0.39 is 5.82 Å². The number of hydrogen-bond donors (Lipinski definition) is 1. The molecule has 1 N–H and O–H groups in total. The summed E-state index contributed by atoms with van der Waals surface area (Å²) >= 11 is 11.7. The van der Waals surface area contributed by atoms with Crippen molar-refractivity contribution in [3.05, 3.63) is 45.8 Å². The summed E-state index contributed by atoms with van der Waals surface area (Å²) in [6.45, 7) is 2.51. The van der Waals surface area contributed by atoms with Gasteiger partial charge in [-0.2, -0.15) is 4.98 Å². The van der Waals surface area contributed by atoms with E-state index in [-0.39, 0.29) is 11.1 Å². The zero-order chi connectivity index (χ0) is 13.8. The molecule has 0 fully saturated rings. The summed E-state index contributed by atoms with van der Waals surface area (Å²) in [6, 6.07) is 2.64. The smallest absolute Gasteiger partial charge is 0.227 e. The average Bonchev–Trinajstić information content (AvgIpc) is 2.86. The van der Waals surface area contributed by atoms with Crippen molar-refractivity contribution in [2.24, 2.45) is 0 Å². The van der Waals surface area contributed by atoms with Crippen molar-refractivity contribution in [1.82, 2.24) is 15.5 Å². The lowest BCUT2D eigenvalue weighted by Crippen LogP contribution is -2.21. The van der Waals surface area contributed by atoms with E-state index in [0.29, 0.717) is 29.4 Å². The maximum Gasteiger partial charge on any atom is 0.227 e. The first-order chi connectivity index (χ1) is 9.08. The normalized spacial score (nSPS) is 12.6. The van der Waals surface area contributed by atoms with Gasteiger partial charge in [-0.3, -0.25) is 0 Å². The number of halogens is 3. The third-order valence-electron chi connectivity index (χ3n) is 2.70. The van der Waals surface area contributed by atoms with Crippen LogP contribution in [0, 0.1) is 5.82 Å². The molecule has 1 aromatic carbocycles. The molecule has 0 saturated heterocycles. The quantitative estimate of drug-likeness (QED) is 0.860. The molecule has 1 atom stereocenters. The van der Waals surface area contributed by atoms with E-state index in [1.807, 2.05) is 6.92 Å². The third kappa shape index (κ3) is 3.65. The Labute approximate surface area is 119 Å². The van der Waals surface area contributed by atoms with E-state index in [4.69, 9.17) is 27.7 Å². The first kappa shape index (κ1) is 14.2. The predicted molar refractivity (Wildman–Crippen MR) is 70.8 cm³/mol. The number of benzene rings is 1. The van der Waals surface area contributed by atoms with Crippen molar-refractivity contribution < 1.29 is 8.91 Å². The Kier molecular flexibility index (Phi) is 4.74. The van der Waals surface area contributed by atoms with Crippen LogP contribution in [0.1, 0.15) is 24.4 Å². The summed E-state index contributed by atoms with van der Waals surface area (Å²) in [5.41, 5.74) is 0.661. The van der Waals surface area contributed by atoms with Crippen LogP contribution < -0.4 is 5.32 Å². The van der Waals surface area contributed by atoms with E-state index in [1.165, 1.54) is 18.5 Å². The molecule has 0 amide bonds. The second-order valence-corrected chi connectivity index (χ2v) is 4.86. The Morgan fingerprint density at radius 3 is 2.84 bits per heavy atom. The van der Waals surface area contributed by atoms with Crippen molar-refractivity contribution in [3.8, 4) is 0 Å². The molecule has 1 aromatic heterocycles. The predicted octanol–water partition coefficient (Wildman–Crippen LogP) is 3.41. The summed E-state index contributed by atoms with van der Waals surface area (Å²) in [6.07, 6.45) is 1.95. The molecule has 1 heterocycles. The van der Waals surface area contributed by atoms with Gasteiger partial charge in [0.15, 0.2) is 6.33 Å². The molecule has 4 nitrogen and oxygen atoms in total. The first-order valence-electron chi connectivity index (χ1n) is 5.71. The molecule has 1 unspecified atom stereocenters. The highest BCUT2D eigenvalue weighted by Gasteiger charge is 2.13. The largest absolute Gasteiger partial charge is 0.340 e. The molecule has 0 spiro atoms. The summed E-state index contributed by atoms with van der Waals surface area (Å²) < 4.78 is 18.3. The van der Waals surface area contributed by atoms with Crippen LogP contribution in [0.2, 0.25) is 10.0 Å². The van der Waals surface area contributed by atoms with Gasteiger partial charge in [0.1, 0.15) is 5.82 Å². The van der Waals surface area contributed by atoms with Gasteiger partial charge < -0.3 is 9.84 Å². The van der Waals surface area contributed by atoms with Crippen LogP contribution in [0.15, 0.2) is 23.0 Å². The fourth-order valence-corrected chi connectivity index (χ4v) is 2.23. The number of aromatic nitrogens is 2. The molecule has 7 heteroatoms. The van der Waals surface area contributed by atoms with Crippen LogP contribution in [-0.2, 0) is 6.42 Å². The summed E-state index contributed by atoms with van der Waals surface area (Å²) in [4.78, 5) is 3.91. The van der Waals surface area contributed by atoms with E-state index in [0.717, 1.165) is 0 Å². The lowest BCUT2D eigenvalue weighted by Gasteiger charge is -2.15. The second-order valence-electron chi connectivity index (χ2n) is 4.05. The number of hydrogen-bond acceptors (Lipinski definition) is 4. The molecule has 0 aliphatic rings. The van der Waals surface area contributed by atoms with Gasteiger partial charge in [0.05, 0.1) is 5.02 Å². The highest BCUT2D eigenvalue weighted by molar-refractivity contribution is 6.35. The van der Waals surface area contributed by atoms with Gasteiger partial charge in [-0.1, -0.05) is 28.4 Å².